The molecule has 0 aliphatic heterocycles. The van der Waals surface area contributed by atoms with Gasteiger partial charge in [-0.25, -0.2) is 14.8 Å². The predicted octanol–water partition coefficient (Wildman–Crippen LogP) is -1.62. The molecule has 0 aliphatic carbocycles. The van der Waals surface area contributed by atoms with Gasteiger partial charge < -0.3 is 47.5 Å². The summed E-state index contributed by atoms with van der Waals surface area (Å²) in [5.41, 5.74) is 13.9. The molecule has 4 atom stereocenters. The molecule has 1 aromatic carbocycles. The number of carbonyl (C=O) groups excluding carboxylic acids is 4. The highest BCUT2D eigenvalue weighted by Gasteiger charge is 2.32. The van der Waals surface area contributed by atoms with E-state index in [9.17, 15) is 29.1 Å². The summed E-state index contributed by atoms with van der Waals surface area (Å²) < 4.78 is 0. The minimum absolute atomic E-state index is 0.0379. The maximum Gasteiger partial charge on any atom is 0.326 e. The van der Waals surface area contributed by atoms with Gasteiger partial charge >= 0.3 is 5.97 Å². The normalized spacial score (nSPS) is 13.9. The summed E-state index contributed by atoms with van der Waals surface area (Å²) in [6, 6.07) is 2.28. The molecule has 0 bridgehead atoms. The monoisotopic (exact) mass is 592 g/mol. The van der Waals surface area contributed by atoms with Gasteiger partial charge in [0.05, 0.1) is 25.1 Å². The first-order valence-corrected chi connectivity index (χ1v) is 13.3. The smallest absolute Gasteiger partial charge is 0.326 e. The Labute approximate surface area is 244 Å². The number of H-pyrrole nitrogens is 3. The van der Waals surface area contributed by atoms with Gasteiger partial charge in [0, 0.05) is 60.1 Å². The second kappa shape index (κ2) is 13.9. The number of imidazole rings is 2. The molecule has 16 nitrogen and oxygen atoms in total. The van der Waals surface area contributed by atoms with Gasteiger partial charge in [0.25, 0.3) is 0 Å². The first-order valence-electron chi connectivity index (χ1n) is 13.3. The van der Waals surface area contributed by atoms with Crippen LogP contribution in [0.15, 0.2) is 55.5 Å². The van der Waals surface area contributed by atoms with Crippen molar-refractivity contribution < 1.29 is 29.1 Å². The van der Waals surface area contributed by atoms with Gasteiger partial charge in [0.2, 0.25) is 23.6 Å². The molecule has 4 unspecified atom stereocenters. The van der Waals surface area contributed by atoms with E-state index in [0.29, 0.717) is 11.4 Å². The zero-order chi connectivity index (χ0) is 30.9. The number of primary amides is 1. The van der Waals surface area contributed by atoms with Crippen LogP contribution >= 0.6 is 0 Å². The van der Waals surface area contributed by atoms with E-state index in [-0.39, 0.29) is 19.3 Å². The van der Waals surface area contributed by atoms with Crippen molar-refractivity contribution in [3.8, 4) is 0 Å². The van der Waals surface area contributed by atoms with Crippen LogP contribution in [-0.4, -0.2) is 83.8 Å². The molecule has 0 saturated carbocycles. The topological polar surface area (TPSA) is 267 Å². The molecule has 16 heteroatoms. The Hall–Kier alpha value is -5.51. The molecule has 43 heavy (non-hydrogen) atoms. The number of nitrogens with one attached hydrogen (secondary N) is 6. The number of nitrogens with two attached hydrogens (primary N) is 2. The second-order valence-electron chi connectivity index (χ2n) is 9.92. The number of amides is 4. The van der Waals surface area contributed by atoms with Crippen molar-refractivity contribution >= 4 is 40.5 Å². The molecule has 0 aliphatic rings. The standard InChI is InChI=1S/C27H32N10O6/c28-18(6-15-10-30-12-33-15)24(39)35-20(5-14-9-32-19-4-2-1-3-17(14)19)25(40)36-21(7-16-11-31-13-34-16)26(41)37-22(27(42)43)8-23(29)38/h1-4,9-13,18,20-22,32H,5-8,28H2,(H2,29,38)(H,30,33)(H,31,34)(H,35,39)(H,36,40)(H,37,41)(H,42,43). The Morgan fingerprint density at radius 3 is 1.98 bits per heavy atom. The van der Waals surface area contributed by atoms with Crippen LogP contribution in [0.4, 0.5) is 0 Å². The Balaban J connectivity index is 1.57. The summed E-state index contributed by atoms with van der Waals surface area (Å²) in [5, 5.41) is 17.8. The summed E-state index contributed by atoms with van der Waals surface area (Å²) in [6.07, 6.45) is 6.93. The van der Waals surface area contributed by atoms with E-state index in [1.54, 1.807) is 6.20 Å². The number of hydrogen-bond donors (Lipinski definition) is 9. The maximum absolute atomic E-state index is 13.7. The molecule has 3 aromatic heterocycles. The highest BCUT2D eigenvalue weighted by atomic mass is 16.4. The molecule has 4 amide bonds. The fraction of sp³-hybridized carbons (Fsp3) is 0.296. The number of nitrogens with zero attached hydrogens (tertiary/aromatic N) is 2. The minimum Gasteiger partial charge on any atom is -0.480 e. The number of carbonyl (C=O) groups is 5. The lowest BCUT2D eigenvalue weighted by molar-refractivity contribution is -0.143. The Morgan fingerprint density at radius 1 is 0.791 bits per heavy atom. The van der Waals surface area contributed by atoms with Crippen LogP contribution in [0.2, 0.25) is 0 Å². The van der Waals surface area contributed by atoms with Crippen molar-refractivity contribution in [1.82, 2.24) is 40.9 Å². The van der Waals surface area contributed by atoms with Gasteiger partial charge in [-0.15, -0.1) is 0 Å². The van der Waals surface area contributed by atoms with Crippen LogP contribution < -0.4 is 27.4 Å². The number of fused-ring (bicyclic) bond motifs is 1. The maximum atomic E-state index is 13.7. The van der Waals surface area contributed by atoms with E-state index in [1.165, 1.54) is 25.0 Å². The van der Waals surface area contributed by atoms with Gasteiger partial charge in [-0.2, -0.15) is 0 Å². The lowest BCUT2D eigenvalue weighted by Gasteiger charge is -2.25. The average Bonchev–Trinajstić information content (AvgIpc) is 3.75. The lowest BCUT2D eigenvalue weighted by Crippen LogP contribution is -2.58. The van der Waals surface area contributed by atoms with E-state index >= 15 is 0 Å². The number of carboxylic acid groups (broad SMARTS) is 1. The van der Waals surface area contributed by atoms with E-state index < -0.39 is 60.2 Å². The fourth-order valence-electron chi connectivity index (χ4n) is 4.51. The predicted molar refractivity (Wildman–Crippen MR) is 152 cm³/mol. The molecular weight excluding hydrogens is 560 g/mol. The molecule has 0 saturated heterocycles. The first kappa shape index (κ1) is 30.4. The lowest BCUT2D eigenvalue weighted by atomic mass is 10.0. The molecule has 226 valence electrons. The number of hydrogen-bond acceptors (Lipinski definition) is 8. The molecule has 0 spiro atoms. The zero-order valence-corrected chi connectivity index (χ0v) is 22.9. The number of aromatic amines is 3. The van der Waals surface area contributed by atoms with E-state index in [2.05, 4.69) is 40.9 Å². The first-order chi connectivity index (χ1) is 20.6. The summed E-state index contributed by atoms with van der Waals surface area (Å²) in [6.45, 7) is 0. The highest BCUT2D eigenvalue weighted by Crippen LogP contribution is 2.19. The van der Waals surface area contributed by atoms with Crippen molar-refractivity contribution in [3.63, 3.8) is 0 Å². The Bertz CT molecular complexity index is 1570. The van der Waals surface area contributed by atoms with Crippen LogP contribution in [0.5, 0.6) is 0 Å². The molecule has 0 radical (unpaired) electrons. The van der Waals surface area contributed by atoms with E-state index in [1.807, 2.05) is 24.3 Å². The second-order valence-corrected chi connectivity index (χ2v) is 9.92. The largest absolute Gasteiger partial charge is 0.480 e. The van der Waals surface area contributed by atoms with Gasteiger partial charge in [-0.05, 0) is 11.6 Å². The van der Waals surface area contributed by atoms with Gasteiger partial charge in [-0.1, -0.05) is 18.2 Å². The average molecular weight is 593 g/mol. The molecular formula is C27H32N10O6. The van der Waals surface area contributed by atoms with Gasteiger partial charge in [-0.3, -0.25) is 19.2 Å². The third-order valence-corrected chi connectivity index (χ3v) is 6.70. The number of aliphatic carboxylic acids is 1. The van der Waals surface area contributed by atoms with Crippen molar-refractivity contribution in [3.05, 3.63) is 72.5 Å². The van der Waals surface area contributed by atoms with E-state index in [0.717, 1.165) is 16.5 Å². The van der Waals surface area contributed by atoms with Gasteiger partial charge in [0.15, 0.2) is 0 Å². The van der Waals surface area contributed by atoms with Crippen molar-refractivity contribution in [1.29, 1.82) is 0 Å². The van der Waals surface area contributed by atoms with Crippen molar-refractivity contribution in [2.45, 2.75) is 49.9 Å². The Kier molecular flexibility index (Phi) is 9.85. The van der Waals surface area contributed by atoms with Crippen LogP contribution in [0.1, 0.15) is 23.4 Å². The molecule has 3 heterocycles. The third kappa shape index (κ3) is 8.26. The number of benzene rings is 1. The number of para-hydroxylation sites is 1. The van der Waals surface area contributed by atoms with E-state index in [4.69, 9.17) is 11.5 Å². The van der Waals surface area contributed by atoms with Gasteiger partial charge in [0.1, 0.15) is 18.1 Å². The third-order valence-electron chi connectivity index (χ3n) is 6.70. The summed E-state index contributed by atoms with van der Waals surface area (Å²) in [4.78, 5) is 79.7. The molecule has 4 rings (SSSR count). The number of rotatable bonds is 15. The van der Waals surface area contributed by atoms with Crippen molar-refractivity contribution in [2.24, 2.45) is 11.5 Å². The fourth-order valence-corrected chi connectivity index (χ4v) is 4.51. The molecule has 11 N–H and O–H groups in total. The molecule has 4 aromatic rings. The zero-order valence-electron chi connectivity index (χ0n) is 22.9. The van der Waals surface area contributed by atoms with Crippen LogP contribution in [0.3, 0.4) is 0 Å². The molecule has 0 fully saturated rings. The summed E-state index contributed by atoms with van der Waals surface area (Å²) in [7, 11) is 0. The van der Waals surface area contributed by atoms with Crippen molar-refractivity contribution in [2.75, 3.05) is 0 Å². The van der Waals surface area contributed by atoms with Crippen LogP contribution in [0.25, 0.3) is 10.9 Å². The SMILES string of the molecule is NC(=O)CC(NC(=O)C(Cc1cnc[nH]1)NC(=O)C(Cc1c[nH]c2ccccc12)NC(=O)C(N)Cc1cnc[nH]1)C(=O)O. The quantitative estimate of drug-likeness (QED) is 0.0767. The highest BCUT2D eigenvalue weighted by molar-refractivity contribution is 5.95. The van der Waals surface area contributed by atoms with Crippen LogP contribution in [0, 0.1) is 0 Å². The summed E-state index contributed by atoms with van der Waals surface area (Å²) in [5.74, 6) is -4.64. The Morgan fingerprint density at radius 2 is 1.37 bits per heavy atom. The number of carboxylic acids is 1. The number of aromatic nitrogens is 5. The van der Waals surface area contributed by atoms with Crippen LogP contribution in [-0.2, 0) is 43.2 Å². The minimum atomic E-state index is -1.62. The summed E-state index contributed by atoms with van der Waals surface area (Å²) >= 11 is 0.